The summed E-state index contributed by atoms with van der Waals surface area (Å²) in [6, 6.07) is 7.21. The third kappa shape index (κ3) is 4.52. The van der Waals surface area contributed by atoms with Gasteiger partial charge in [-0.05, 0) is 45.4 Å². The summed E-state index contributed by atoms with van der Waals surface area (Å²) in [5.74, 6) is 8.50. The minimum absolute atomic E-state index is 0.384. The number of aliphatic hydroxyl groups is 1. The Kier molecular flexibility index (Phi) is 5.83. The molecular weight excluding hydrogens is 484 g/mol. The Morgan fingerprint density at radius 2 is 1.86 bits per heavy atom. The molecule has 0 fully saturated rings. The van der Waals surface area contributed by atoms with Crippen molar-refractivity contribution in [3.63, 3.8) is 0 Å². The first-order chi connectivity index (χ1) is 16.6. The van der Waals surface area contributed by atoms with Gasteiger partial charge in [-0.1, -0.05) is 35.6 Å². The van der Waals surface area contributed by atoms with Gasteiger partial charge in [0.2, 0.25) is 11.8 Å². The highest BCUT2D eigenvalue weighted by atomic mass is 35.5. The molecule has 0 radical (unpaired) electrons. The molecule has 178 valence electrons. The van der Waals surface area contributed by atoms with Gasteiger partial charge in [0.1, 0.15) is 22.5 Å². The molecule has 10 heteroatoms. The van der Waals surface area contributed by atoms with Crippen LogP contribution >= 0.6 is 22.9 Å². The van der Waals surface area contributed by atoms with Gasteiger partial charge in [-0.2, -0.15) is 0 Å². The van der Waals surface area contributed by atoms with Crippen molar-refractivity contribution in [2.24, 2.45) is 4.99 Å². The van der Waals surface area contributed by atoms with E-state index in [1.807, 2.05) is 42.7 Å². The van der Waals surface area contributed by atoms with Gasteiger partial charge in [0.05, 0.1) is 17.0 Å². The van der Waals surface area contributed by atoms with Crippen LogP contribution in [0.3, 0.4) is 0 Å². The van der Waals surface area contributed by atoms with Crippen LogP contribution in [0.5, 0.6) is 0 Å². The molecule has 0 bridgehead atoms. The predicted molar refractivity (Wildman–Crippen MR) is 134 cm³/mol. The van der Waals surface area contributed by atoms with E-state index in [1.54, 1.807) is 20.8 Å². The van der Waals surface area contributed by atoms with E-state index in [4.69, 9.17) is 21.0 Å². The summed E-state index contributed by atoms with van der Waals surface area (Å²) in [5.41, 5.74) is 2.54. The summed E-state index contributed by atoms with van der Waals surface area (Å²) in [7, 11) is 0. The highest BCUT2D eigenvalue weighted by molar-refractivity contribution is 7.15. The lowest BCUT2D eigenvalue weighted by Gasteiger charge is -2.11. The van der Waals surface area contributed by atoms with Crippen molar-refractivity contribution < 1.29 is 9.52 Å². The Morgan fingerprint density at radius 3 is 2.51 bits per heavy atom. The maximum atomic E-state index is 10.2. The SMILES string of the molecule is Cc1nnc(C[C@@H]2N=C(c3ccc(Cl)cc3)c3c(sc(C#CC(C)(C)O)c3C)-n3c(C)nnc32)o1. The van der Waals surface area contributed by atoms with E-state index in [0.717, 1.165) is 38.1 Å². The van der Waals surface area contributed by atoms with Crippen LogP contribution in [0.4, 0.5) is 0 Å². The Morgan fingerprint density at radius 1 is 1.11 bits per heavy atom. The van der Waals surface area contributed by atoms with E-state index in [9.17, 15) is 5.11 Å². The Hall–Kier alpha value is -3.32. The Balaban J connectivity index is 1.76. The average molecular weight is 507 g/mol. The average Bonchev–Trinajstić information content (AvgIpc) is 3.44. The van der Waals surface area contributed by atoms with Crippen LogP contribution < -0.4 is 0 Å². The lowest BCUT2D eigenvalue weighted by Crippen LogP contribution is -2.14. The molecule has 5 rings (SSSR count). The monoisotopic (exact) mass is 506 g/mol. The molecule has 1 N–H and O–H groups in total. The number of aliphatic imine (C=N–C) groups is 1. The van der Waals surface area contributed by atoms with Gasteiger partial charge in [-0.3, -0.25) is 9.56 Å². The minimum atomic E-state index is -1.11. The van der Waals surface area contributed by atoms with Crippen molar-refractivity contribution in [3.8, 4) is 16.8 Å². The third-order valence-corrected chi connectivity index (χ3v) is 6.98. The second-order valence-corrected chi connectivity index (χ2v) is 10.3. The van der Waals surface area contributed by atoms with E-state index in [1.165, 1.54) is 11.3 Å². The zero-order chi connectivity index (χ0) is 24.9. The molecule has 4 heterocycles. The standard InChI is InChI=1S/C25H23ClN6O2S/c1-13-19(10-11-25(4,5)33)35-24-21(13)22(16-6-8-17(26)9-7-16)27-18(12-20-30-29-15(3)34-20)23-31-28-14(2)32(23)24/h6-9,18,33H,12H2,1-5H3/t18-/m0/s1. The molecule has 0 unspecified atom stereocenters. The van der Waals surface area contributed by atoms with Gasteiger partial charge < -0.3 is 9.52 Å². The van der Waals surface area contributed by atoms with Crippen molar-refractivity contribution in [2.75, 3.05) is 0 Å². The molecule has 35 heavy (non-hydrogen) atoms. The van der Waals surface area contributed by atoms with Crippen molar-refractivity contribution in [1.82, 2.24) is 25.0 Å². The second kappa shape index (κ2) is 8.72. The van der Waals surface area contributed by atoms with Crippen molar-refractivity contribution in [3.05, 3.63) is 74.3 Å². The van der Waals surface area contributed by atoms with Crippen LogP contribution in [0.2, 0.25) is 5.02 Å². The summed E-state index contributed by atoms with van der Waals surface area (Å²) < 4.78 is 7.70. The van der Waals surface area contributed by atoms with Gasteiger partial charge >= 0.3 is 0 Å². The third-order valence-electron chi connectivity index (χ3n) is 5.54. The number of thiophene rings is 1. The van der Waals surface area contributed by atoms with Gasteiger partial charge in [0.15, 0.2) is 5.82 Å². The largest absolute Gasteiger partial charge is 0.426 e. The van der Waals surface area contributed by atoms with E-state index in [-0.39, 0.29) is 0 Å². The number of rotatable bonds is 3. The van der Waals surface area contributed by atoms with Crippen molar-refractivity contribution in [1.29, 1.82) is 0 Å². The fourth-order valence-electron chi connectivity index (χ4n) is 3.94. The fourth-order valence-corrected chi connectivity index (χ4v) is 5.28. The van der Waals surface area contributed by atoms with E-state index < -0.39 is 11.6 Å². The minimum Gasteiger partial charge on any atom is -0.426 e. The van der Waals surface area contributed by atoms with Crippen molar-refractivity contribution >= 4 is 28.6 Å². The maximum absolute atomic E-state index is 10.2. The van der Waals surface area contributed by atoms with Crippen LogP contribution in [0.25, 0.3) is 5.00 Å². The molecule has 0 saturated carbocycles. The number of fused-ring (bicyclic) bond motifs is 3. The number of nitrogens with zero attached hydrogens (tertiary/aromatic N) is 6. The predicted octanol–water partition coefficient (Wildman–Crippen LogP) is 4.55. The lowest BCUT2D eigenvalue weighted by molar-refractivity contribution is 0.143. The van der Waals surface area contributed by atoms with Gasteiger partial charge in [0.25, 0.3) is 0 Å². The molecule has 0 spiro atoms. The topological polar surface area (TPSA) is 102 Å². The van der Waals surface area contributed by atoms with Crippen LogP contribution in [0.1, 0.15) is 64.9 Å². The van der Waals surface area contributed by atoms with Crippen LogP contribution in [-0.4, -0.2) is 41.4 Å². The molecular formula is C25H23ClN6O2S. The molecule has 0 aliphatic carbocycles. The lowest BCUT2D eigenvalue weighted by atomic mass is 9.99. The van der Waals surface area contributed by atoms with Crippen molar-refractivity contribution in [2.45, 2.75) is 52.7 Å². The van der Waals surface area contributed by atoms with Gasteiger partial charge in [-0.15, -0.1) is 31.7 Å². The summed E-state index contributed by atoms with van der Waals surface area (Å²) in [5, 5.41) is 28.7. The van der Waals surface area contributed by atoms with Crippen LogP contribution in [0.15, 0.2) is 33.7 Å². The summed E-state index contributed by atoms with van der Waals surface area (Å²) in [6.45, 7) is 9.03. The first kappa shape index (κ1) is 23.4. The number of hydrogen-bond acceptors (Lipinski definition) is 8. The molecule has 1 atom stereocenters. The van der Waals surface area contributed by atoms with Crippen LogP contribution in [0, 0.1) is 32.6 Å². The molecule has 3 aromatic heterocycles. The molecule has 1 aliphatic heterocycles. The molecule has 0 saturated heterocycles. The molecule has 1 aliphatic rings. The molecule has 1 aromatic carbocycles. The quantitative estimate of drug-likeness (QED) is 0.409. The second-order valence-electron chi connectivity index (χ2n) is 8.91. The van der Waals surface area contributed by atoms with E-state index in [0.29, 0.717) is 29.0 Å². The van der Waals surface area contributed by atoms with E-state index >= 15 is 0 Å². The number of benzene rings is 1. The fraction of sp³-hybridized carbons (Fsp3) is 0.320. The summed E-state index contributed by atoms with van der Waals surface area (Å²) >= 11 is 7.72. The highest BCUT2D eigenvalue weighted by Gasteiger charge is 2.32. The number of halogens is 1. The molecule has 0 amide bonds. The summed E-state index contributed by atoms with van der Waals surface area (Å²) in [6.07, 6.45) is 0.384. The zero-order valence-electron chi connectivity index (χ0n) is 19.9. The van der Waals surface area contributed by atoms with Crippen LogP contribution in [-0.2, 0) is 6.42 Å². The first-order valence-corrected chi connectivity index (χ1v) is 12.2. The van der Waals surface area contributed by atoms with Gasteiger partial charge in [0, 0.05) is 23.1 Å². The summed E-state index contributed by atoms with van der Waals surface area (Å²) in [4.78, 5) is 6.04. The normalized spacial score (nSPS) is 15.1. The number of aromatic nitrogens is 5. The number of hydrogen-bond donors (Lipinski definition) is 1. The van der Waals surface area contributed by atoms with Gasteiger partial charge in [-0.25, -0.2) is 0 Å². The highest BCUT2D eigenvalue weighted by Crippen LogP contribution is 2.39. The Labute approximate surface area is 211 Å². The Bertz CT molecular complexity index is 1510. The smallest absolute Gasteiger partial charge is 0.219 e. The van der Waals surface area contributed by atoms with E-state index in [2.05, 4.69) is 32.2 Å². The maximum Gasteiger partial charge on any atom is 0.219 e. The molecule has 8 nitrogen and oxygen atoms in total. The number of aryl methyl sites for hydroxylation is 2. The molecule has 4 aromatic rings. The zero-order valence-corrected chi connectivity index (χ0v) is 21.5. The first-order valence-electron chi connectivity index (χ1n) is 11.0.